The van der Waals surface area contributed by atoms with Crippen LogP contribution in [0.1, 0.15) is 10.4 Å². The molecular weight excluding hydrogens is 368 g/mol. The second kappa shape index (κ2) is 7.67. The quantitative estimate of drug-likeness (QED) is 0.543. The largest absolute Gasteiger partial charge is 0.493 e. The first-order valence-corrected chi connectivity index (χ1v) is 9.08. The van der Waals surface area contributed by atoms with Crippen molar-refractivity contribution in [2.24, 2.45) is 0 Å². The van der Waals surface area contributed by atoms with Crippen LogP contribution in [0.4, 0.5) is 0 Å². The third-order valence-electron chi connectivity index (χ3n) is 4.76. The lowest BCUT2D eigenvalue weighted by molar-refractivity contribution is 0.0964. The van der Waals surface area contributed by atoms with Gasteiger partial charge in [0.25, 0.3) is 5.91 Å². The molecule has 0 aliphatic carbocycles. The van der Waals surface area contributed by atoms with Gasteiger partial charge in [0.05, 0.1) is 19.7 Å². The van der Waals surface area contributed by atoms with Gasteiger partial charge in [0.2, 0.25) is 0 Å². The lowest BCUT2D eigenvalue weighted by atomic mass is 10.0. The predicted molar refractivity (Wildman–Crippen MR) is 112 cm³/mol. The fourth-order valence-corrected chi connectivity index (χ4v) is 3.32. The number of rotatable bonds is 5. The standard InChI is InChI=1S/C23H20N2O4/c1-24-23(26)17-6-4-5-14-11-15(7-8-16(14)17)29-20-9-10-25-19-13-22(28-3)21(27-2)12-18(19)20/h4-13H,1-3H3,(H,24,26). The molecule has 0 aliphatic rings. The first-order valence-electron chi connectivity index (χ1n) is 9.08. The van der Waals surface area contributed by atoms with Gasteiger partial charge in [-0.3, -0.25) is 9.78 Å². The first kappa shape index (κ1) is 18.6. The molecule has 0 unspecified atom stereocenters. The van der Waals surface area contributed by atoms with Crippen molar-refractivity contribution in [1.82, 2.24) is 10.3 Å². The lowest BCUT2D eigenvalue weighted by Crippen LogP contribution is -2.17. The van der Waals surface area contributed by atoms with E-state index in [2.05, 4.69) is 10.3 Å². The zero-order valence-corrected chi connectivity index (χ0v) is 16.4. The monoisotopic (exact) mass is 388 g/mol. The van der Waals surface area contributed by atoms with Gasteiger partial charge in [0.1, 0.15) is 11.5 Å². The summed E-state index contributed by atoms with van der Waals surface area (Å²) in [4.78, 5) is 16.5. The summed E-state index contributed by atoms with van der Waals surface area (Å²) in [5.74, 6) is 2.40. The Morgan fingerprint density at radius 1 is 0.897 bits per heavy atom. The Hall–Kier alpha value is -3.80. The number of benzene rings is 3. The smallest absolute Gasteiger partial charge is 0.251 e. The Morgan fingerprint density at radius 3 is 2.45 bits per heavy atom. The average Bonchev–Trinajstić information content (AvgIpc) is 2.77. The van der Waals surface area contributed by atoms with Gasteiger partial charge in [0.15, 0.2) is 11.5 Å². The number of ether oxygens (including phenoxy) is 3. The summed E-state index contributed by atoms with van der Waals surface area (Å²) in [6.45, 7) is 0. The minimum Gasteiger partial charge on any atom is -0.493 e. The van der Waals surface area contributed by atoms with Crippen LogP contribution in [-0.2, 0) is 0 Å². The van der Waals surface area contributed by atoms with E-state index in [1.165, 1.54) is 0 Å². The number of nitrogens with one attached hydrogen (secondary N) is 1. The Morgan fingerprint density at radius 2 is 1.69 bits per heavy atom. The number of carbonyl (C=O) groups is 1. The lowest BCUT2D eigenvalue weighted by Gasteiger charge is -2.13. The maximum Gasteiger partial charge on any atom is 0.251 e. The molecule has 1 N–H and O–H groups in total. The molecule has 0 fully saturated rings. The summed E-state index contributed by atoms with van der Waals surface area (Å²) < 4.78 is 16.9. The van der Waals surface area contributed by atoms with Crippen LogP contribution in [-0.4, -0.2) is 32.2 Å². The van der Waals surface area contributed by atoms with Gasteiger partial charge in [-0.05, 0) is 47.2 Å². The summed E-state index contributed by atoms with van der Waals surface area (Å²) >= 11 is 0. The van der Waals surface area contributed by atoms with E-state index in [-0.39, 0.29) is 5.91 Å². The number of hydrogen-bond acceptors (Lipinski definition) is 5. The van der Waals surface area contributed by atoms with Crippen LogP contribution in [0.3, 0.4) is 0 Å². The van der Waals surface area contributed by atoms with E-state index in [9.17, 15) is 4.79 Å². The molecule has 3 aromatic carbocycles. The van der Waals surface area contributed by atoms with Crippen LogP contribution >= 0.6 is 0 Å². The zero-order chi connectivity index (χ0) is 20.4. The fourth-order valence-electron chi connectivity index (χ4n) is 3.32. The molecule has 0 atom stereocenters. The minimum absolute atomic E-state index is 0.120. The molecule has 1 aromatic heterocycles. The van der Waals surface area contributed by atoms with Crippen molar-refractivity contribution in [2.45, 2.75) is 0 Å². The zero-order valence-electron chi connectivity index (χ0n) is 16.4. The van der Waals surface area contributed by atoms with Crippen molar-refractivity contribution >= 4 is 27.6 Å². The highest BCUT2D eigenvalue weighted by Crippen LogP contribution is 2.37. The third-order valence-corrected chi connectivity index (χ3v) is 4.76. The molecule has 4 rings (SSSR count). The van der Waals surface area contributed by atoms with Gasteiger partial charge in [0, 0.05) is 30.3 Å². The highest BCUT2D eigenvalue weighted by molar-refractivity contribution is 6.07. The molecule has 1 amide bonds. The van der Waals surface area contributed by atoms with Crippen molar-refractivity contribution in [3.63, 3.8) is 0 Å². The number of methoxy groups -OCH3 is 2. The molecule has 0 radical (unpaired) electrons. The molecule has 6 heteroatoms. The number of nitrogens with zero attached hydrogens (tertiary/aromatic N) is 1. The summed E-state index contributed by atoms with van der Waals surface area (Å²) in [5, 5.41) is 5.26. The SMILES string of the molecule is CNC(=O)c1cccc2cc(Oc3ccnc4cc(OC)c(OC)cc34)ccc12. The number of fused-ring (bicyclic) bond motifs is 2. The van der Waals surface area contributed by atoms with Gasteiger partial charge in [-0.25, -0.2) is 0 Å². The van der Waals surface area contributed by atoms with Crippen LogP contribution in [0, 0.1) is 0 Å². The Labute approximate surface area is 168 Å². The molecule has 29 heavy (non-hydrogen) atoms. The Kier molecular flexibility index (Phi) is 4.91. The van der Waals surface area contributed by atoms with Gasteiger partial charge < -0.3 is 19.5 Å². The fraction of sp³-hybridized carbons (Fsp3) is 0.130. The molecule has 146 valence electrons. The number of hydrogen-bond donors (Lipinski definition) is 1. The minimum atomic E-state index is -0.120. The van der Waals surface area contributed by atoms with E-state index in [0.29, 0.717) is 28.6 Å². The van der Waals surface area contributed by atoms with Crippen molar-refractivity contribution in [3.8, 4) is 23.0 Å². The van der Waals surface area contributed by atoms with Crippen LogP contribution in [0.5, 0.6) is 23.0 Å². The molecule has 0 aliphatic heterocycles. The summed E-state index contributed by atoms with van der Waals surface area (Å²) in [6.07, 6.45) is 1.69. The van der Waals surface area contributed by atoms with Crippen LogP contribution in [0.25, 0.3) is 21.7 Å². The normalized spacial score (nSPS) is 10.7. The van der Waals surface area contributed by atoms with Crippen LogP contribution in [0.2, 0.25) is 0 Å². The predicted octanol–water partition coefficient (Wildman–Crippen LogP) is 4.56. The molecule has 0 saturated heterocycles. The highest BCUT2D eigenvalue weighted by atomic mass is 16.5. The maximum atomic E-state index is 12.1. The third kappa shape index (κ3) is 3.40. The molecule has 1 heterocycles. The van der Waals surface area contributed by atoms with Gasteiger partial charge in [-0.2, -0.15) is 0 Å². The van der Waals surface area contributed by atoms with Gasteiger partial charge >= 0.3 is 0 Å². The van der Waals surface area contributed by atoms with E-state index in [1.54, 1.807) is 39.6 Å². The number of pyridine rings is 1. The van der Waals surface area contributed by atoms with E-state index in [0.717, 1.165) is 21.7 Å². The second-order valence-corrected chi connectivity index (χ2v) is 6.40. The Balaban J connectivity index is 1.77. The molecular formula is C23H20N2O4. The molecule has 0 spiro atoms. The van der Waals surface area contributed by atoms with Crippen molar-refractivity contribution in [2.75, 3.05) is 21.3 Å². The Bertz CT molecular complexity index is 1220. The summed E-state index contributed by atoms with van der Waals surface area (Å²) in [5.41, 5.74) is 1.37. The number of aromatic nitrogens is 1. The van der Waals surface area contributed by atoms with Crippen LogP contribution < -0.4 is 19.5 Å². The summed E-state index contributed by atoms with van der Waals surface area (Å²) in [7, 11) is 4.80. The average molecular weight is 388 g/mol. The molecule has 0 bridgehead atoms. The van der Waals surface area contributed by atoms with E-state index < -0.39 is 0 Å². The van der Waals surface area contributed by atoms with Crippen molar-refractivity contribution < 1.29 is 19.0 Å². The van der Waals surface area contributed by atoms with E-state index in [1.807, 2.05) is 42.5 Å². The van der Waals surface area contributed by atoms with Crippen molar-refractivity contribution in [3.05, 3.63) is 66.4 Å². The summed E-state index contributed by atoms with van der Waals surface area (Å²) in [6, 6.07) is 16.7. The van der Waals surface area contributed by atoms with Gasteiger partial charge in [-0.15, -0.1) is 0 Å². The van der Waals surface area contributed by atoms with E-state index >= 15 is 0 Å². The van der Waals surface area contributed by atoms with Crippen molar-refractivity contribution in [1.29, 1.82) is 0 Å². The van der Waals surface area contributed by atoms with Crippen LogP contribution in [0.15, 0.2) is 60.8 Å². The topological polar surface area (TPSA) is 69.7 Å². The van der Waals surface area contributed by atoms with E-state index in [4.69, 9.17) is 14.2 Å². The molecule has 6 nitrogen and oxygen atoms in total. The first-order chi connectivity index (χ1) is 14.1. The van der Waals surface area contributed by atoms with Gasteiger partial charge in [-0.1, -0.05) is 12.1 Å². The second-order valence-electron chi connectivity index (χ2n) is 6.40. The molecule has 0 saturated carbocycles. The number of carbonyl (C=O) groups excluding carboxylic acids is 1. The highest BCUT2D eigenvalue weighted by Gasteiger charge is 2.13. The number of amides is 1. The maximum absolute atomic E-state index is 12.1. The molecule has 4 aromatic rings.